The molecule has 0 spiro atoms. The Morgan fingerprint density at radius 3 is 2.79 bits per heavy atom. The molecule has 10 heteroatoms. The maximum atomic E-state index is 12.2. The van der Waals surface area contributed by atoms with E-state index in [4.69, 9.17) is 4.84 Å². The molecule has 2 heterocycles. The summed E-state index contributed by atoms with van der Waals surface area (Å²) in [4.78, 5) is 20.9. The van der Waals surface area contributed by atoms with Gasteiger partial charge in [0.15, 0.2) is 0 Å². The number of aromatic nitrogens is 2. The molecule has 1 aromatic carbocycles. The van der Waals surface area contributed by atoms with Crippen LogP contribution in [0.3, 0.4) is 0 Å². The number of fused-ring (bicyclic) bond motifs is 1. The molecule has 0 aliphatic heterocycles. The van der Waals surface area contributed by atoms with Crippen LogP contribution in [0, 0.1) is 0 Å². The maximum Gasteiger partial charge on any atom is 0.405 e. The fourth-order valence-corrected chi connectivity index (χ4v) is 2.68. The molecule has 0 fully saturated rings. The number of nitrogens with one attached hydrogen (secondary N) is 3. The molecule has 3 rings (SSSR count). The van der Waals surface area contributed by atoms with Gasteiger partial charge < -0.3 is 10.6 Å². The number of anilines is 1. The monoisotopic (exact) mass is 405 g/mol. The van der Waals surface area contributed by atoms with Gasteiger partial charge in [0.05, 0.1) is 24.7 Å². The van der Waals surface area contributed by atoms with Crippen LogP contribution in [0.4, 0.5) is 23.7 Å². The molecule has 0 unspecified atom stereocenters. The largest absolute Gasteiger partial charge is 0.405 e. The van der Waals surface area contributed by atoms with Gasteiger partial charge in [0.25, 0.3) is 0 Å². The van der Waals surface area contributed by atoms with E-state index in [2.05, 4.69) is 22.4 Å². The van der Waals surface area contributed by atoms with Crippen molar-refractivity contribution in [3.8, 4) is 11.3 Å². The molecular formula is C19H18F3N5O2. The van der Waals surface area contributed by atoms with E-state index in [0.717, 1.165) is 16.8 Å². The average Bonchev–Trinajstić information content (AvgIpc) is 3.09. The lowest BCUT2D eigenvalue weighted by atomic mass is 10.1. The Balaban J connectivity index is 1.80. The van der Waals surface area contributed by atoms with Crippen LogP contribution in [0.5, 0.6) is 0 Å². The van der Waals surface area contributed by atoms with Gasteiger partial charge in [-0.2, -0.15) is 13.2 Å². The highest BCUT2D eigenvalue weighted by Gasteiger charge is 2.27. The number of imidazole rings is 1. The Labute approximate surface area is 164 Å². The van der Waals surface area contributed by atoms with Gasteiger partial charge in [-0.05, 0) is 24.3 Å². The molecule has 0 radical (unpaired) electrons. The second-order valence-electron chi connectivity index (χ2n) is 6.08. The fraction of sp³-hybridized carbons (Fsp3) is 0.158. The summed E-state index contributed by atoms with van der Waals surface area (Å²) in [7, 11) is 1.49. The fourth-order valence-electron chi connectivity index (χ4n) is 2.68. The predicted octanol–water partition coefficient (Wildman–Crippen LogP) is 3.81. The van der Waals surface area contributed by atoms with Crippen LogP contribution < -0.4 is 16.1 Å². The topological polar surface area (TPSA) is 79.7 Å². The van der Waals surface area contributed by atoms with E-state index in [-0.39, 0.29) is 0 Å². The van der Waals surface area contributed by atoms with Crippen molar-refractivity contribution in [2.24, 2.45) is 0 Å². The molecule has 0 bridgehead atoms. The number of benzene rings is 1. The molecule has 152 valence electrons. The molecule has 3 N–H and O–H groups in total. The van der Waals surface area contributed by atoms with Crippen LogP contribution in [-0.4, -0.2) is 35.2 Å². The average molecular weight is 405 g/mol. The van der Waals surface area contributed by atoms with Gasteiger partial charge in [0.1, 0.15) is 12.2 Å². The van der Waals surface area contributed by atoms with Gasteiger partial charge in [0, 0.05) is 23.0 Å². The van der Waals surface area contributed by atoms with E-state index < -0.39 is 18.8 Å². The molecule has 29 heavy (non-hydrogen) atoms. The van der Waals surface area contributed by atoms with Crippen molar-refractivity contribution < 1.29 is 22.8 Å². The Bertz CT molecular complexity index is 1050. The minimum Gasteiger partial charge on any atom is -0.329 e. The highest BCUT2D eigenvalue weighted by Crippen LogP contribution is 2.25. The highest BCUT2D eigenvalue weighted by molar-refractivity contribution is 5.90. The molecule has 0 saturated heterocycles. The third-order valence-corrected chi connectivity index (χ3v) is 3.95. The molecule has 2 amide bonds. The molecule has 0 aliphatic rings. The first-order chi connectivity index (χ1) is 13.8. The number of hydroxylamine groups is 1. The highest BCUT2D eigenvalue weighted by atomic mass is 19.4. The number of hydrogen-bond acceptors (Lipinski definition) is 4. The molecule has 0 saturated carbocycles. The standard InChI is InChI=1S/C19H18F3N5O2/c1-12(26-29-2)13-6-7-27-16(10-23-17(27)9-13)14-4-3-5-15(8-14)25-18(28)24-11-19(20,21)22/h3-10,26H,1,11H2,2H3,(H2,24,25,28). The number of carbonyl (C=O) groups excluding carboxylic acids is 1. The Morgan fingerprint density at radius 1 is 1.28 bits per heavy atom. The Morgan fingerprint density at radius 2 is 2.07 bits per heavy atom. The van der Waals surface area contributed by atoms with Crippen LogP contribution in [0.25, 0.3) is 22.6 Å². The molecular weight excluding hydrogens is 387 g/mol. The van der Waals surface area contributed by atoms with Gasteiger partial charge in [-0.3, -0.25) is 14.7 Å². The maximum absolute atomic E-state index is 12.2. The smallest absolute Gasteiger partial charge is 0.329 e. The summed E-state index contributed by atoms with van der Waals surface area (Å²) >= 11 is 0. The third-order valence-electron chi connectivity index (χ3n) is 3.95. The van der Waals surface area contributed by atoms with Crippen molar-refractivity contribution in [3.63, 3.8) is 0 Å². The Hall–Kier alpha value is -3.53. The SMILES string of the molecule is C=C(NOC)c1ccn2c(-c3cccc(NC(=O)NCC(F)(F)F)c3)cnc2c1. The minimum atomic E-state index is -4.47. The zero-order valence-electron chi connectivity index (χ0n) is 15.4. The predicted molar refractivity (Wildman–Crippen MR) is 103 cm³/mol. The van der Waals surface area contributed by atoms with Crippen molar-refractivity contribution in [1.29, 1.82) is 0 Å². The summed E-state index contributed by atoms with van der Waals surface area (Å²) in [5, 5.41) is 4.15. The zero-order chi connectivity index (χ0) is 21.0. The first kappa shape index (κ1) is 20.2. The summed E-state index contributed by atoms with van der Waals surface area (Å²) in [6.45, 7) is 2.46. The molecule has 0 atom stereocenters. The van der Waals surface area contributed by atoms with Crippen LogP contribution >= 0.6 is 0 Å². The van der Waals surface area contributed by atoms with Gasteiger partial charge in [-0.1, -0.05) is 18.7 Å². The van der Waals surface area contributed by atoms with E-state index in [1.807, 2.05) is 28.8 Å². The number of nitrogens with zero attached hydrogens (tertiary/aromatic N) is 2. The van der Waals surface area contributed by atoms with Crippen LogP contribution in [0.2, 0.25) is 0 Å². The van der Waals surface area contributed by atoms with Crippen molar-refractivity contribution >= 4 is 23.1 Å². The number of hydrogen-bond donors (Lipinski definition) is 3. The van der Waals surface area contributed by atoms with E-state index in [9.17, 15) is 18.0 Å². The minimum absolute atomic E-state index is 0.353. The van der Waals surface area contributed by atoms with Gasteiger partial charge in [0.2, 0.25) is 0 Å². The molecule has 7 nitrogen and oxygen atoms in total. The lowest BCUT2D eigenvalue weighted by Crippen LogP contribution is -2.36. The number of pyridine rings is 1. The Kier molecular flexibility index (Phi) is 5.74. The van der Waals surface area contributed by atoms with Crippen molar-refractivity contribution in [2.75, 3.05) is 19.0 Å². The van der Waals surface area contributed by atoms with E-state index in [1.54, 1.807) is 29.7 Å². The summed E-state index contributed by atoms with van der Waals surface area (Å²) in [5.74, 6) is 0. The lowest BCUT2D eigenvalue weighted by molar-refractivity contribution is -0.122. The van der Waals surface area contributed by atoms with Gasteiger partial charge in [-0.25, -0.2) is 9.78 Å². The summed E-state index contributed by atoms with van der Waals surface area (Å²) in [5.41, 5.74) is 6.53. The number of urea groups is 1. The summed E-state index contributed by atoms with van der Waals surface area (Å²) in [6, 6.07) is 9.44. The van der Waals surface area contributed by atoms with Crippen LogP contribution in [0.15, 0.2) is 55.4 Å². The molecule has 2 aromatic heterocycles. The molecule has 0 aliphatic carbocycles. The number of alkyl halides is 3. The summed E-state index contributed by atoms with van der Waals surface area (Å²) in [6.07, 6.45) is -1.00. The summed E-state index contributed by atoms with van der Waals surface area (Å²) < 4.78 is 38.5. The quantitative estimate of drug-likeness (QED) is 0.545. The van der Waals surface area contributed by atoms with Crippen molar-refractivity contribution in [3.05, 3.63) is 60.9 Å². The van der Waals surface area contributed by atoms with E-state index in [0.29, 0.717) is 17.0 Å². The van der Waals surface area contributed by atoms with Crippen molar-refractivity contribution in [1.82, 2.24) is 20.2 Å². The molecule has 3 aromatic rings. The zero-order valence-corrected chi connectivity index (χ0v) is 15.4. The number of carbonyl (C=O) groups is 1. The van der Waals surface area contributed by atoms with Gasteiger partial charge >= 0.3 is 12.2 Å². The van der Waals surface area contributed by atoms with E-state index in [1.165, 1.54) is 7.11 Å². The number of halogens is 3. The van der Waals surface area contributed by atoms with Crippen molar-refractivity contribution in [2.45, 2.75) is 6.18 Å². The van der Waals surface area contributed by atoms with Crippen LogP contribution in [0.1, 0.15) is 5.56 Å². The first-order valence-corrected chi connectivity index (χ1v) is 8.44. The third kappa shape index (κ3) is 5.05. The van der Waals surface area contributed by atoms with Crippen LogP contribution in [-0.2, 0) is 4.84 Å². The number of rotatable bonds is 6. The van der Waals surface area contributed by atoms with Gasteiger partial charge in [-0.15, -0.1) is 0 Å². The first-order valence-electron chi connectivity index (χ1n) is 8.44. The normalized spacial score (nSPS) is 11.3. The second-order valence-corrected chi connectivity index (χ2v) is 6.08. The van der Waals surface area contributed by atoms with E-state index >= 15 is 0 Å². The number of amides is 2. The second kappa shape index (κ2) is 8.23. The lowest BCUT2D eigenvalue weighted by Gasteiger charge is -2.11.